The van der Waals surface area contributed by atoms with Gasteiger partial charge in [0.1, 0.15) is 18.1 Å². The summed E-state index contributed by atoms with van der Waals surface area (Å²) in [7, 11) is 1.22. The zero-order chi connectivity index (χ0) is 13.5. The molecule has 0 saturated heterocycles. The smallest absolute Gasteiger partial charge is 0.325 e. The van der Waals surface area contributed by atoms with Crippen LogP contribution in [0.1, 0.15) is 6.92 Å². The minimum atomic E-state index is -0.837. The molecule has 1 aromatic rings. The van der Waals surface area contributed by atoms with Gasteiger partial charge in [-0.1, -0.05) is 6.07 Å². The highest BCUT2D eigenvalue weighted by atomic mass is 19.1. The van der Waals surface area contributed by atoms with Gasteiger partial charge in [0.05, 0.1) is 7.11 Å². The monoisotopic (exact) mass is 255 g/mol. The molecule has 0 radical (unpaired) electrons. The zero-order valence-electron chi connectivity index (χ0n) is 10.1. The van der Waals surface area contributed by atoms with E-state index in [0.29, 0.717) is 0 Å². The van der Waals surface area contributed by atoms with Crippen molar-refractivity contribution in [2.24, 2.45) is 0 Å². The van der Waals surface area contributed by atoms with E-state index in [-0.39, 0.29) is 12.3 Å². The summed E-state index contributed by atoms with van der Waals surface area (Å²) in [6.07, 6.45) is -0.837. The Morgan fingerprint density at radius 2 is 2.17 bits per heavy atom. The molecule has 1 N–H and O–H groups in total. The number of esters is 1. The lowest BCUT2D eigenvalue weighted by molar-refractivity contribution is -0.141. The van der Waals surface area contributed by atoms with Crippen LogP contribution in [0.25, 0.3) is 0 Å². The van der Waals surface area contributed by atoms with Gasteiger partial charge in [0.25, 0.3) is 5.91 Å². The number of rotatable bonds is 5. The number of nitrogens with one attached hydrogen (secondary N) is 1. The number of halogens is 1. The second kappa shape index (κ2) is 6.58. The predicted octanol–water partition coefficient (Wildman–Crippen LogP) is 0.882. The quantitative estimate of drug-likeness (QED) is 0.793. The van der Waals surface area contributed by atoms with Gasteiger partial charge >= 0.3 is 5.97 Å². The summed E-state index contributed by atoms with van der Waals surface area (Å²) in [6, 6.07) is 5.45. The molecule has 0 saturated carbocycles. The number of benzene rings is 1. The Labute approximate surface area is 104 Å². The predicted molar refractivity (Wildman–Crippen MR) is 61.5 cm³/mol. The van der Waals surface area contributed by atoms with Gasteiger partial charge < -0.3 is 14.8 Å². The molecule has 0 aliphatic rings. The van der Waals surface area contributed by atoms with Crippen LogP contribution in [0.15, 0.2) is 24.3 Å². The molecule has 18 heavy (non-hydrogen) atoms. The van der Waals surface area contributed by atoms with Crippen molar-refractivity contribution in [2.75, 3.05) is 13.7 Å². The topological polar surface area (TPSA) is 64.6 Å². The lowest BCUT2D eigenvalue weighted by Crippen LogP contribution is -2.39. The van der Waals surface area contributed by atoms with E-state index in [1.807, 2.05) is 0 Å². The van der Waals surface area contributed by atoms with Crippen molar-refractivity contribution in [2.45, 2.75) is 13.0 Å². The molecule has 0 heterocycles. The summed E-state index contributed by atoms with van der Waals surface area (Å²) in [6.45, 7) is 1.27. The molecule has 1 unspecified atom stereocenters. The lowest BCUT2D eigenvalue weighted by atomic mass is 10.3. The number of hydrogen-bond donors (Lipinski definition) is 1. The minimum absolute atomic E-state index is 0.230. The highest BCUT2D eigenvalue weighted by Gasteiger charge is 2.15. The molecule has 0 aromatic heterocycles. The second-order valence-electron chi connectivity index (χ2n) is 3.51. The van der Waals surface area contributed by atoms with Crippen LogP contribution in [0.2, 0.25) is 0 Å². The first-order chi connectivity index (χ1) is 8.52. The van der Waals surface area contributed by atoms with E-state index in [2.05, 4.69) is 10.1 Å². The molecular formula is C12H14FNO4. The maximum atomic E-state index is 12.9. The number of amides is 1. The Bertz CT molecular complexity index is 436. The molecular weight excluding hydrogens is 241 g/mol. The molecule has 0 fully saturated rings. The molecule has 1 rings (SSSR count). The van der Waals surface area contributed by atoms with Crippen LogP contribution in [0.4, 0.5) is 4.39 Å². The van der Waals surface area contributed by atoms with Gasteiger partial charge in [0.15, 0.2) is 6.10 Å². The molecule has 1 amide bonds. The Hall–Kier alpha value is -2.11. The van der Waals surface area contributed by atoms with Gasteiger partial charge in [0.2, 0.25) is 0 Å². The fourth-order valence-corrected chi connectivity index (χ4v) is 1.17. The molecule has 5 nitrogen and oxygen atoms in total. The molecule has 0 bridgehead atoms. The first-order valence-electron chi connectivity index (χ1n) is 5.29. The van der Waals surface area contributed by atoms with E-state index in [0.717, 1.165) is 0 Å². The number of ether oxygens (including phenoxy) is 2. The average molecular weight is 255 g/mol. The average Bonchev–Trinajstić information content (AvgIpc) is 2.35. The summed E-state index contributed by atoms with van der Waals surface area (Å²) in [5.41, 5.74) is 0. The largest absolute Gasteiger partial charge is 0.481 e. The van der Waals surface area contributed by atoms with Crippen LogP contribution >= 0.6 is 0 Å². The summed E-state index contributed by atoms with van der Waals surface area (Å²) in [5, 5.41) is 2.34. The van der Waals surface area contributed by atoms with Crippen molar-refractivity contribution in [3.63, 3.8) is 0 Å². The maximum Gasteiger partial charge on any atom is 0.325 e. The van der Waals surface area contributed by atoms with Gasteiger partial charge in [-0.05, 0) is 19.1 Å². The standard InChI is InChI=1S/C12H14FNO4/c1-8(12(16)14-7-11(15)17-2)18-10-5-3-4-9(13)6-10/h3-6,8H,7H2,1-2H3,(H,14,16). The van der Waals surface area contributed by atoms with Gasteiger partial charge in [-0.15, -0.1) is 0 Å². The SMILES string of the molecule is COC(=O)CNC(=O)C(C)Oc1cccc(F)c1. The van der Waals surface area contributed by atoms with E-state index in [1.54, 1.807) is 0 Å². The number of carbonyl (C=O) groups excluding carboxylic acids is 2. The van der Waals surface area contributed by atoms with E-state index in [4.69, 9.17) is 4.74 Å². The van der Waals surface area contributed by atoms with Gasteiger partial charge in [0, 0.05) is 6.07 Å². The van der Waals surface area contributed by atoms with Crippen LogP contribution in [0.3, 0.4) is 0 Å². The van der Waals surface area contributed by atoms with Crippen LogP contribution in [0.5, 0.6) is 5.75 Å². The Morgan fingerprint density at radius 3 is 2.78 bits per heavy atom. The van der Waals surface area contributed by atoms with E-state index in [9.17, 15) is 14.0 Å². The molecule has 98 valence electrons. The number of carbonyl (C=O) groups is 2. The summed E-state index contributed by atoms with van der Waals surface area (Å²) < 4.78 is 22.5. The number of hydrogen-bond acceptors (Lipinski definition) is 4. The van der Waals surface area contributed by atoms with Gasteiger partial charge in [-0.2, -0.15) is 0 Å². The van der Waals surface area contributed by atoms with E-state index in [1.165, 1.54) is 38.3 Å². The van der Waals surface area contributed by atoms with Crippen molar-refractivity contribution < 1.29 is 23.5 Å². The van der Waals surface area contributed by atoms with Crippen LogP contribution in [-0.4, -0.2) is 31.6 Å². The van der Waals surface area contributed by atoms with Crippen molar-refractivity contribution in [1.29, 1.82) is 0 Å². The normalized spacial score (nSPS) is 11.5. The lowest BCUT2D eigenvalue weighted by Gasteiger charge is -2.14. The molecule has 1 aromatic carbocycles. The second-order valence-corrected chi connectivity index (χ2v) is 3.51. The zero-order valence-corrected chi connectivity index (χ0v) is 10.1. The Kier molecular flexibility index (Phi) is 5.10. The fraction of sp³-hybridized carbons (Fsp3) is 0.333. The van der Waals surface area contributed by atoms with Crippen molar-refractivity contribution in [1.82, 2.24) is 5.32 Å². The van der Waals surface area contributed by atoms with Gasteiger partial charge in [-0.3, -0.25) is 9.59 Å². The molecule has 6 heteroatoms. The van der Waals surface area contributed by atoms with E-state index >= 15 is 0 Å². The van der Waals surface area contributed by atoms with Crippen LogP contribution < -0.4 is 10.1 Å². The third-order valence-electron chi connectivity index (χ3n) is 2.11. The van der Waals surface area contributed by atoms with Gasteiger partial charge in [-0.25, -0.2) is 4.39 Å². The Morgan fingerprint density at radius 1 is 1.44 bits per heavy atom. The highest BCUT2D eigenvalue weighted by Crippen LogP contribution is 2.13. The van der Waals surface area contributed by atoms with E-state index < -0.39 is 23.8 Å². The third-order valence-corrected chi connectivity index (χ3v) is 2.11. The minimum Gasteiger partial charge on any atom is -0.481 e. The first kappa shape index (κ1) is 14.0. The fourth-order valence-electron chi connectivity index (χ4n) is 1.17. The maximum absolute atomic E-state index is 12.9. The van der Waals surface area contributed by atoms with Crippen LogP contribution in [0, 0.1) is 5.82 Å². The molecule has 0 aliphatic carbocycles. The summed E-state index contributed by atoms with van der Waals surface area (Å²) in [4.78, 5) is 22.3. The highest BCUT2D eigenvalue weighted by molar-refractivity contribution is 5.84. The van der Waals surface area contributed by atoms with Crippen molar-refractivity contribution >= 4 is 11.9 Å². The van der Waals surface area contributed by atoms with Crippen molar-refractivity contribution in [3.8, 4) is 5.75 Å². The number of methoxy groups -OCH3 is 1. The third kappa shape index (κ3) is 4.40. The van der Waals surface area contributed by atoms with Crippen LogP contribution in [-0.2, 0) is 14.3 Å². The molecule has 0 aliphatic heterocycles. The molecule has 1 atom stereocenters. The Balaban J connectivity index is 2.47. The van der Waals surface area contributed by atoms with Crippen molar-refractivity contribution in [3.05, 3.63) is 30.1 Å². The summed E-state index contributed by atoms with van der Waals surface area (Å²) in [5.74, 6) is -1.24. The first-order valence-corrected chi connectivity index (χ1v) is 5.29. The molecule has 0 spiro atoms. The summed E-state index contributed by atoms with van der Waals surface area (Å²) >= 11 is 0.